The van der Waals surface area contributed by atoms with Crippen LogP contribution in [0.15, 0.2) is 59.5 Å². The molecule has 1 heterocycles. The summed E-state index contributed by atoms with van der Waals surface area (Å²) in [5.41, 5.74) is 1.48. The highest BCUT2D eigenvalue weighted by atomic mass is 32.2. The third kappa shape index (κ3) is 2.69. The number of rotatable bonds is 2. The number of hydrogen-bond donors (Lipinski definition) is 1. The highest BCUT2D eigenvalue weighted by molar-refractivity contribution is 7.91. The summed E-state index contributed by atoms with van der Waals surface area (Å²) in [6, 6.07) is 17.3. The Balaban J connectivity index is 2.23. The monoisotopic (exact) mass is 315 g/mol. The van der Waals surface area contributed by atoms with Gasteiger partial charge in [0.2, 0.25) is 0 Å². The molecule has 1 N–H and O–H groups in total. The first-order valence-corrected chi connectivity index (χ1v) is 9.25. The lowest BCUT2D eigenvalue weighted by atomic mass is 9.93. The van der Waals surface area contributed by atoms with Crippen molar-refractivity contribution < 1.29 is 8.42 Å². The summed E-state index contributed by atoms with van der Waals surface area (Å²) in [5.74, 6) is 0.122. The van der Waals surface area contributed by atoms with Crippen LogP contribution in [-0.4, -0.2) is 19.7 Å². The van der Waals surface area contributed by atoms with Crippen LogP contribution in [-0.2, 0) is 9.84 Å². The van der Waals surface area contributed by atoms with Crippen LogP contribution in [0.5, 0.6) is 0 Å². The molecule has 2 atom stereocenters. The topological polar surface area (TPSA) is 46.2 Å². The summed E-state index contributed by atoms with van der Waals surface area (Å²) in [4.78, 5) is 0.452. The summed E-state index contributed by atoms with van der Waals surface area (Å²) in [6.45, 7) is 4.02. The second kappa shape index (κ2) is 5.52. The molecule has 0 radical (unpaired) electrons. The Morgan fingerprint density at radius 2 is 1.73 bits per heavy atom. The molecule has 0 saturated heterocycles. The van der Waals surface area contributed by atoms with Gasteiger partial charge in [-0.05, 0) is 30.5 Å². The molecule has 0 unspecified atom stereocenters. The van der Waals surface area contributed by atoms with Gasteiger partial charge >= 0.3 is 0 Å². The Hall–Kier alpha value is -1.65. The SMILES string of the molecule is CC[C@@]1(C)CS(=O)(=O)c2ccccc2[C@@H](c2ccccc2)N1. The third-order valence-corrected chi connectivity index (χ3v) is 6.54. The van der Waals surface area contributed by atoms with Crippen molar-refractivity contribution in [3.8, 4) is 0 Å². The smallest absolute Gasteiger partial charge is 0.180 e. The molecule has 3 rings (SSSR count). The largest absolute Gasteiger partial charge is 0.300 e. The molecule has 2 aromatic carbocycles. The van der Waals surface area contributed by atoms with Gasteiger partial charge in [0, 0.05) is 5.54 Å². The molecule has 0 aliphatic carbocycles. The number of sulfone groups is 1. The van der Waals surface area contributed by atoms with Crippen LogP contribution in [0.3, 0.4) is 0 Å². The van der Waals surface area contributed by atoms with Gasteiger partial charge in [0.25, 0.3) is 0 Å². The van der Waals surface area contributed by atoms with Crippen molar-refractivity contribution in [1.29, 1.82) is 0 Å². The highest BCUT2D eigenvalue weighted by Crippen LogP contribution is 2.35. The van der Waals surface area contributed by atoms with Gasteiger partial charge in [0.05, 0.1) is 16.7 Å². The minimum absolute atomic E-state index is 0.111. The van der Waals surface area contributed by atoms with Crippen LogP contribution in [0, 0.1) is 0 Å². The van der Waals surface area contributed by atoms with E-state index in [0.29, 0.717) is 4.90 Å². The molecule has 0 bridgehead atoms. The number of benzene rings is 2. The lowest BCUT2D eigenvalue weighted by molar-refractivity contribution is 0.353. The van der Waals surface area contributed by atoms with Crippen molar-refractivity contribution in [3.05, 3.63) is 65.7 Å². The average molecular weight is 315 g/mol. The van der Waals surface area contributed by atoms with Crippen LogP contribution in [0.1, 0.15) is 37.4 Å². The van der Waals surface area contributed by atoms with E-state index < -0.39 is 15.4 Å². The van der Waals surface area contributed by atoms with E-state index in [2.05, 4.69) is 5.32 Å². The maximum absolute atomic E-state index is 12.8. The second-order valence-electron chi connectivity index (χ2n) is 6.20. The van der Waals surface area contributed by atoms with E-state index in [0.717, 1.165) is 17.5 Å². The van der Waals surface area contributed by atoms with Crippen molar-refractivity contribution in [2.24, 2.45) is 0 Å². The minimum Gasteiger partial charge on any atom is -0.300 e. The average Bonchev–Trinajstić information content (AvgIpc) is 2.62. The summed E-state index contributed by atoms with van der Waals surface area (Å²) >= 11 is 0. The maximum atomic E-state index is 12.8. The van der Waals surface area contributed by atoms with Gasteiger partial charge in [-0.2, -0.15) is 0 Å². The van der Waals surface area contributed by atoms with Gasteiger partial charge in [-0.15, -0.1) is 0 Å². The molecule has 0 fully saturated rings. The Morgan fingerprint density at radius 1 is 1.09 bits per heavy atom. The quantitative estimate of drug-likeness (QED) is 0.924. The van der Waals surface area contributed by atoms with E-state index in [1.54, 1.807) is 12.1 Å². The zero-order valence-electron chi connectivity index (χ0n) is 12.9. The Morgan fingerprint density at radius 3 is 2.41 bits per heavy atom. The van der Waals surface area contributed by atoms with Crippen molar-refractivity contribution >= 4 is 9.84 Å². The molecule has 0 saturated carbocycles. The highest BCUT2D eigenvalue weighted by Gasteiger charge is 2.38. The summed E-state index contributed by atoms with van der Waals surface area (Å²) < 4.78 is 25.6. The van der Waals surface area contributed by atoms with Crippen molar-refractivity contribution in [1.82, 2.24) is 5.32 Å². The van der Waals surface area contributed by atoms with E-state index in [4.69, 9.17) is 0 Å². The molecular weight excluding hydrogens is 294 g/mol. The second-order valence-corrected chi connectivity index (χ2v) is 8.16. The predicted molar refractivity (Wildman–Crippen MR) is 88.6 cm³/mol. The van der Waals surface area contributed by atoms with Crippen LogP contribution < -0.4 is 5.32 Å². The number of hydrogen-bond acceptors (Lipinski definition) is 3. The molecule has 1 aliphatic heterocycles. The minimum atomic E-state index is -3.30. The Labute approximate surface area is 132 Å². The van der Waals surface area contributed by atoms with Gasteiger partial charge in [-0.25, -0.2) is 8.42 Å². The van der Waals surface area contributed by atoms with Gasteiger partial charge in [-0.1, -0.05) is 55.5 Å². The number of nitrogens with one attached hydrogen (secondary N) is 1. The molecule has 2 aromatic rings. The fraction of sp³-hybridized carbons (Fsp3) is 0.333. The number of fused-ring (bicyclic) bond motifs is 1. The summed E-state index contributed by atoms with van der Waals surface area (Å²) in [5, 5.41) is 3.59. The summed E-state index contributed by atoms with van der Waals surface area (Å²) in [6.07, 6.45) is 0.754. The van der Waals surface area contributed by atoms with Crippen molar-refractivity contribution in [3.63, 3.8) is 0 Å². The zero-order valence-corrected chi connectivity index (χ0v) is 13.7. The fourth-order valence-electron chi connectivity index (χ4n) is 3.08. The maximum Gasteiger partial charge on any atom is 0.180 e. The summed E-state index contributed by atoms with van der Waals surface area (Å²) in [7, 11) is -3.30. The molecular formula is C18H21NO2S. The van der Waals surface area contributed by atoms with Gasteiger partial charge < -0.3 is 0 Å². The fourth-order valence-corrected chi connectivity index (χ4v) is 5.19. The standard InChI is InChI=1S/C18H21NO2S/c1-3-18(2)13-22(20,21)16-12-8-7-11-15(16)17(19-18)14-9-5-4-6-10-14/h4-12,17,19H,3,13H2,1-2H3/t17-,18+/m1/s1. The normalized spacial score (nSPS) is 26.9. The van der Waals surface area contributed by atoms with E-state index in [-0.39, 0.29) is 11.8 Å². The third-order valence-electron chi connectivity index (χ3n) is 4.48. The van der Waals surface area contributed by atoms with Crippen LogP contribution in [0.2, 0.25) is 0 Å². The van der Waals surface area contributed by atoms with Crippen LogP contribution in [0.25, 0.3) is 0 Å². The van der Waals surface area contributed by atoms with E-state index >= 15 is 0 Å². The lowest BCUT2D eigenvalue weighted by Gasteiger charge is -2.31. The van der Waals surface area contributed by atoms with Crippen LogP contribution in [0.4, 0.5) is 0 Å². The zero-order chi connectivity index (χ0) is 15.8. The van der Waals surface area contributed by atoms with Gasteiger partial charge in [0.1, 0.15) is 0 Å². The molecule has 3 nitrogen and oxygen atoms in total. The van der Waals surface area contributed by atoms with E-state index in [1.807, 2.05) is 56.3 Å². The van der Waals surface area contributed by atoms with Gasteiger partial charge in [0.15, 0.2) is 9.84 Å². The first-order chi connectivity index (χ1) is 10.5. The Kier molecular flexibility index (Phi) is 3.83. The molecule has 0 aromatic heterocycles. The predicted octanol–water partition coefficient (Wildman–Crippen LogP) is 3.32. The van der Waals surface area contributed by atoms with Crippen LogP contribution >= 0.6 is 0 Å². The molecule has 1 aliphatic rings. The Bertz CT molecular complexity index is 771. The van der Waals surface area contributed by atoms with Crippen molar-refractivity contribution in [2.45, 2.75) is 36.7 Å². The van der Waals surface area contributed by atoms with Gasteiger partial charge in [-0.3, -0.25) is 5.32 Å². The first kappa shape index (κ1) is 15.3. The molecule has 0 amide bonds. The molecule has 4 heteroatoms. The molecule has 0 spiro atoms. The van der Waals surface area contributed by atoms with E-state index in [1.165, 1.54) is 0 Å². The molecule has 116 valence electrons. The first-order valence-electron chi connectivity index (χ1n) is 7.59. The van der Waals surface area contributed by atoms with Crippen molar-refractivity contribution in [2.75, 3.05) is 5.75 Å². The lowest BCUT2D eigenvalue weighted by Crippen LogP contribution is -2.47. The van der Waals surface area contributed by atoms with E-state index in [9.17, 15) is 8.42 Å². The molecule has 22 heavy (non-hydrogen) atoms.